The zero-order chi connectivity index (χ0) is 18.9. The molecule has 2 heterocycles. The van der Waals surface area contributed by atoms with Crippen LogP contribution in [-0.2, 0) is 7.05 Å². The van der Waals surface area contributed by atoms with Gasteiger partial charge in [-0.15, -0.1) is 0 Å². The first kappa shape index (κ1) is 18.6. The third kappa shape index (κ3) is 4.13. The summed E-state index contributed by atoms with van der Waals surface area (Å²) >= 11 is 3.54. The first-order chi connectivity index (χ1) is 12.2. The summed E-state index contributed by atoms with van der Waals surface area (Å²) in [5.74, 6) is 1.28. The van der Waals surface area contributed by atoms with E-state index < -0.39 is 0 Å². The van der Waals surface area contributed by atoms with Crippen LogP contribution in [-0.4, -0.2) is 31.8 Å². The first-order valence-electron chi connectivity index (χ1n) is 8.46. The average molecular weight is 418 g/mol. The standard InChI is InChI=1S/C18H24BrN7/c1-18(2,3)25-15-12-9-22-26(4)16(12)24-17(23-15)21-10-14(20)11-7-5-6-8-13(11)19/h5-9,14H,10,20H2,1-4H3,(H2,21,23,24,25). The highest BCUT2D eigenvalue weighted by molar-refractivity contribution is 9.10. The number of benzene rings is 1. The van der Waals surface area contributed by atoms with E-state index in [1.54, 1.807) is 10.9 Å². The smallest absolute Gasteiger partial charge is 0.226 e. The number of hydrogen-bond donors (Lipinski definition) is 3. The second-order valence-corrected chi connectivity index (χ2v) is 8.14. The Labute approximate surface area is 161 Å². The molecule has 0 bridgehead atoms. The van der Waals surface area contributed by atoms with Gasteiger partial charge in [0, 0.05) is 29.6 Å². The second kappa shape index (κ2) is 7.20. The van der Waals surface area contributed by atoms with Crippen LogP contribution in [0.15, 0.2) is 34.9 Å². The molecule has 1 unspecified atom stereocenters. The summed E-state index contributed by atoms with van der Waals surface area (Å²) in [5, 5.41) is 11.9. The van der Waals surface area contributed by atoms with Crippen LogP contribution >= 0.6 is 15.9 Å². The minimum absolute atomic E-state index is 0.125. The third-order valence-corrected chi connectivity index (χ3v) is 4.59. The van der Waals surface area contributed by atoms with Crippen LogP contribution in [0.1, 0.15) is 32.4 Å². The highest BCUT2D eigenvalue weighted by atomic mass is 79.9. The molecule has 0 fully saturated rings. The van der Waals surface area contributed by atoms with Crippen molar-refractivity contribution >= 4 is 38.7 Å². The molecule has 0 saturated carbocycles. The maximum Gasteiger partial charge on any atom is 0.226 e. The molecule has 0 spiro atoms. The van der Waals surface area contributed by atoms with Crippen LogP contribution in [0.4, 0.5) is 11.8 Å². The maximum atomic E-state index is 6.32. The number of aromatic nitrogens is 4. The molecule has 0 aliphatic heterocycles. The minimum Gasteiger partial charge on any atom is -0.365 e. The highest BCUT2D eigenvalue weighted by Gasteiger charge is 2.17. The van der Waals surface area contributed by atoms with Gasteiger partial charge < -0.3 is 16.4 Å². The quantitative estimate of drug-likeness (QED) is 0.588. The van der Waals surface area contributed by atoms with Crippen LogP contribution in [0.3, 0.4) is 0 Å². The zero-order valence-corrected chi connectivity index (χ0v) is 17.0. The molecule has 4 N–H and O–H groups in total. The zero-order valence-electron chi connectivity index (χ0n) is 15.4. The number of aryl methyl sites for hydroxylation is 1. The number of nitrogens with one attached hydrogen (secondary N) is 2. The molecule has 26 heavy (non-hydrogen) atoms. The van der Waals surface area contributed by atoms with E-state index in [9.17, 15) is 0 Å². The van der Waals surface area contributed by atoms with Gasteiger partial charge in [0.15, 0.2) is 5.65 Å². The van der Waals surface area contributed by atoms with Crippen LogP contribution in [0.25, 0.3) is 11.0 Å². The molecule has 7 nitrogen and oxygen atoms in total. The summed E-state index contributed by atoms with van der Waals surface area (Å²) in [6, 6.07) is 7.75. The van der Waals surface area contributed by atoms with E-state index in [-0.39, 0.29) is 11.6 Å². The Morgan fingerprint density at radius 2 is 1.96 bits per heavy atom. The SMILES string of the molecule is Cn1ncc2c(NC(C)(C)C)nc(NCC(N)c3ccccc3Br)nc21. The lowest BCUT2D eigenvalue weighted by Crippen LogP contribution is -2.27. The van der Waals surface area contributed by atoms with Crippen molar-refractivity contribution in [2.45, 2.75) is 32.4 Å². The summed E-state index contributed by atoms with van der Waals surface area (Å²) in [7, 11) is 1.87. The van der Waals surface area contributed by atoms with Crippen molar-refractivity contribution in [3.8, 4) is 0 Å². The monoisotopic (exact) mass is 417 g/mol. The molecular weight excluding hydrogens is 394 g/mol. The lowest BCUT2D eigenvalue weighted by molar-refractivity contribution is 0.631. The second-order valence-electron chi connectivity index (χ2n) is 7.29. The summed E-state index contributed by atoms with van der Waals surface area (Å²) < 4.78 is 2.73. The molecule has 0 radical (unpaired) electrons. The Hall–Kier alpha value is -2.19. The Kier molecular flexibility index (Phi) is 5.15. The maximum absolute atomic E-state index is 6.32. The van der Waals surface area contributed by atoms with Gasteiger partial charge in [0.25, 0.3) is 0 Å². The highest BCUT2D eigenvalue weighted by Crippen LogP contribution is 2.25. The predicted octanol–water partition coefficient (Wildman–Crippen LogP) is 3.45. The van der Waals surface area contributed by atoms with Crippen molar-refractivity contribution in [1.82, 2.24) is 19.7 Å². The van der Waals surface area contributed by atoms with Gasteiger partial charge in [-0.25, -0.2) is 0 Å². The van der Waals surface area contributed by atoms with Gasteiger partial charge in [0.1, 0.15) is 5.82 Å². The van der Waals surface area contributed by atoms with Crippen molar-refractivity contribution in [3.05, 3.63) is 40.5 Å². The van der Waals surface area contributed by atoms with Crippen molar-refractivity contribution in [1.29, 1.82) is 0 Å². The normalized spacial score (nSPS) is 13.0. The van der Waals surface area contributed by atoms with Gasteiger partial charge in [-0.3, -0.25) is 4.68 Å². The van der Waals surface area contributed by atoms with Gasteiger partial charge in [-0.2, -0.15) is 15.1 Å². The van der Waals surface area contributed by atoms with Crippen LogP contribution < -0.4 is 16.4 Å². The van der Waals surface area contributed by atoms with E-state index in [2.05, 4.69) is 62.4 Å². The summed E-state index contributed by atoms with van der Waals surface area (Å²) in [6.07, 6.45) is 1.78. The predicted molar refractivity (Wildman–Crippen MR) is 109 cm³/mol. The Morgan fingerprint density at radius 1 is 1.23 bits per heavy atom. The molecule has 3 rings (SSSR count). The van der Waals surface area contributed by atoms with E-state index >= 15 is 0 Å². The number of nitrogens with zero attached hydrogens (tertiary/aromatic N) is 4. The number of fused-ring (bicyclic) bond motifs is 1. The van der Waals surface area contributed by atoms with Gasteiger partial charge in [-0.1, -0.05) is 34.1 Å². The molecule has 3 aromatic rings. The van der Waals surface area contributed by atoms with Crippen molar-refractivity contribution < 1.29 is 0 Å². The van der Waals surface area contributed by atoms with E-state index in [1.807, 2.05) is 31.3 Å². The molecular formula is C18H24BrN7. The number of hydrogen-bond acceptors (Lipinski definition) is 6. The lowest BCUT2D eigenvalue weighted by atomic mass is 10.1. The van der Waals surface area contributed by atoms with Crippen molar-refractivity contribution in [2.75, 3.05) is 17.2 Å². The van der Waals surface area contributed by atoms with Crippen LogP contribution in [0.5, 0.6) is 0 Å². The first-order valence-corrected chi connectivity index (χ1v) is 9.26. The molecule has 2 aromatic heterocycles. The fraction of sp³-hybridized carbons (Fsp3) is 0.389. The number of nitrogens with two attached hydrogens (primary N) is 1. The Balaban J connectivity index is 1.86. The molecule has 0 aliphatic rings. The Bertz CT molecular complexity index is 914. The topological polar surface area (TPSA) is 93.7 Å². The van der Waals surface area contributed by atoms with E-state index in [0.717, 1.165) is 26.9 Å². The third-order valence-electron chi connectivity index (χ3n) is 3.87. The Morgan fingerprint density at radius 3 is 2.65 bits per heavy atom. The van der Waals surface area contributed by atoms with Gasteiger partial charge >= 0.3 is 0 Å². The van der Waals surface area contributed by atoms with Crippen LogP contribution in [0.2, 0.25) is 0 Å². The molecule has 0 amide bonds. The molecule has 1 aromatic carbocycles. The largest absolute Gasteiger partial charge is 0.365 e. The minimum atomic E-state index is -0.185. The van der Waals surface area contributed by atoms with Gasteiger partial charge in [0.2, 0.25) is 5.95 Å². The molecule has 1 atom stereocenters. The number of anilines is 2. The van der Waals surface area contributed by atoms with Gasteiger partial charge in [-0.05, 0) is 32.4 Å². The van der Waals surface area contributed by atoms with E-state index in [0.29, 0.717) is 12.5 Å². The van der Waals surface area contributed by atoms with Crippen LogP contribution in [0, 0.1) is 0 Å². The van der Waals surface area contributed by atoms with Gasteiger partial charge in [0.05, 0.1) is 11.6 Å². The fourth-order valence-electron chi connectivity index (χ4n) is 2.64. The fourth-order valence-corrected chi connectivity index (χ4v) is 3.22. The summed E-state index contributed by atoms with van der Waals surface area (Å²) in [5.41, 5.74) is 8.00. The molecule has 8 heteroatoms. The number of rotatable bonds is 5. The van der Waals surface area contributed by atoms with E-state index in [1.165, 1.54) is 0 Å². The molecule has 138 valence electrons. The summed E-state index contributed by atoms with van der Waals surface area (Å²) in [6.45, 7) is 6.79. The average Bonchev–Trinajstić information content (AvgIpc) is 2.93. The van der Waals surface area contributed by atoms with Crippen molar-refractivity contribution in [2.24, 2.45) is 12.8 Å². The van der Waals surface area contributed by atoms with E-state index in [4.69, 9.17) is 5.73 Å². The van der Waals surface area contributed by atoms with Crippen molar-refractivity contribution in [3.63, 3.8) is 0 Å². The number of halogens is 1. The summed E-state index contributed by atoms with van der Waals surface area (Å²) in [4.78, 5) is 9.22. The lowest BCUT2D eigenvalue weighted by Gasteiger charge is -2.22. The molecule has 0 aliphatic carbocycles. The molecule has 0 saturated heterocycles.